The van der Waals surface area contributed by atoms with Gasteiger partial charge < -0.3 is 19.3 Å². The van der Waals surface area contributed by atoms with E-state index in [1.165, 1.54) is 15.8 Å². The van der Waals surface area contributed by atoms with Crippen LogP contribution in [0.5, 0.6) is 5.75 Å². The van der Waals surface area contributed by atoms with Crippen LogP contribution in [0.25, 0.3) is 16.2 Å². The third-order valence-corrected chi connectivity index (χ3v) is 8.20. The summed E-state index contributed by atoms with van der Waals surface area (Å²) in [5.41, 5.74) is 3.29. The Morgan fingerprint density at radius 3 is 2.43 bits per heavy atom. The van der Waals surface area contributed by atoms with Crippen molar-refractivity contribution in [2.45, 2.75) is 66.8 Å². The predicted octanol–water partition coefficient (Wildman–Crippen LogP) is 7.91. The largest absolute Gasteiger partial charge is 0.494 e. The Kier molecular flexibility index (Phi) is 13.6. The summed E-state index contributed by atoms with van der Waals surface area (Å²) in [5, 5.41) is 3.57. The number of piperazine rings is 1. The normalized spacial score (nSPS) is 14.0. The molecule has 42 heavy (non-hydrogen) atoms. The average Bonchev–Trinajstić information content (AvgIpc) is 3.44. The van der Waals surface area contributed by atoms with Crippen molar-refractivity contribution >= 4 is 51.1 Å². The van der Waals surface area contributed by atoms with Crippen LogP contribution in [0.1, 0.15) is 66.4 Å². The molecule has 0 unspecified atom stereocenters. The lowest BCUT2D eigenvalue weighted by atomic mass is 10.1. The summed E-state index contributed by atoms with van der Waals surface area (Å²) in [6.45, 7) is 17.9. The fourth-order valence-electron chi connectivity index (χ4n) is 5.28. The highest BCUT2D eigenvalue weighted by molar-refractivity contribution is 7.17. The molecular formula is C35H49N3O3S. The molecule has 1 saturated heterocycles. The van der Waals surface area contributed by atoms with E-state index in [1.54, 1.807) is 11.8 Å². The van der Waals surface area contributed by atoms with Gasteiger partial charge in [-0.25, -0.2) is 0 Å². The van der Waals surface area contributed by atoms with E-state index < -0.39 is 0 Å². The highest BCUT2D eigenvalue weighted by atomic mass is 32.1. The minimum atomic E-state index is 0.0883. The Bertz CT molecular complexity index is 1290. The van der Waals surface area contributed by atoms with Gasteiger partial charge in [-0.05, 0) is 94.3 Å². The standard InChI is InChI=1S/C29H37N3O2S.C6H12O/c1-4-8-24-11-12-25(21-28(24)32(22-33)23(2)3)34-19-6-5-14-30-15-17-31(18-16-30)27-9-7-10-29-26(27)13-20-35-29;1-5(2)4-6(3)7/h4,7-13,20-23H,5-6,14-19H2,1-3H3;5H,4H2,1-3H3/b8-4-;. The first-order chi connectivity index (χ1) is 20.2. The number of unbranched alkanes of at least 4 members (excludes halogenated alkanes) is 1. The van der Waals surface area contributed by atoms with E-state index in [9.17, 15) is 9.59 Å². The molecule has 1 fully saturated rings. The van der Waals surface area contributed by atoms with Crippen LogP contribution in [0.15, 0.2) is 53.9 Å². The predicted molar refractivity (Wildman–Crippen MR) is 180 cm³/mol. The molecule has 1 aliphatic rings. The van der Waals surface area contributed by atoms with Gasteiger partial charge in [0.15, 0.2) is 0 Å². The van der Waals surface area contributed by atoms with E-state index in [1.807, 2.05) is 76.3 Å². The first-order valence-electron chi connectivity index (χ1n) is 15.3. The van der Waals surface area contributed by atoms with Crippen molar-refractivity contribution in [1.82, 2.24) is 4.90 Å². The summed E-state index contributed by atoms with van der Waals surface area (Å²) in [5.74, 6) is 1.63. The number of ketones is 1. The second-order valence-electron chi connectivity index (χ2n) is 11.6. The molecule has 2 aromatic carbocycles. The van der Waals surface area contributed by atoms with Gasteiger partial charge in [-0.1, -0.05) is 32.1 Å². The number of carbonyl (C=O) groups excluding carboxylic acids is 2. The molecule has 3 aromatic rings. The molecule has 0 aliphatic carbocycles. The molecule has 1 amide bonds. The third-order valence-electron chi connectivity index (χ3n) is 7.32. The number of anilines is 2. The lowest BCUT2D eigenvalue weighted by Crippen LogP contribution is -2.46. The van der Waals surface area contributed by atoms with Gasteiger partial charge in [0.25, 0.3) is 0 Å². The van der Waals surface area contributed by atoms with Gasteiger partial charge in [0, 0.05) is 60.5 Å². The summed E-state index contributed by atoms with van der Waals surface area (Å²) in [7, 11) is 0. The van der Waals surface area contributed by atoms with E-state index >= 15 is 0 Å². The van der Waals surface area contributed by atoms with E-state index in [2.05, 4.69) is 39.4 Å². The van der Waals surface area contributed by atoms with Crippen LogP contribution in [0.4, 0.5) is 11.4 Å². The van der Waals surface area contributed by atoms with Gasteiger partial charge in [0.2, 0.25) is 6.41 Å². The molecule has 0 radical (unpaired) electrons. The number of Topliss-reactive ketones (excluding diaryl/α,β-unsaturated/α-hetero) is 1. The van der Waals surface area contributed by atoms with Gasteiger partial charge in [0.1, 0.15) is 11.5 Å². The zero-order valence-electron chi connectivity index (χ0n) is 26.3. The first-order valence-corrected chi connectivity index (χ1v) is 16.2. The van der Waals surface area contributed by atoms with Crippen molar-refractivity contribution in [2.75, 3.05) is 49.1 Å². The molecule has 2 heterocycles. The van der Waals surface area contributed by atoms with Crippen molar-refractivity contribution < 1.29 is 14.3 Å². The quantitative estimate of drug-likeness (QED) is 0.149. The molecule has 6 nitrogen and oxygen atoms in total. The number of allylic oxidation sites excluding steroid dienone is 1. The highest BCUT2D eigenvalue weighted by Gasteiger charge is 2.19. The monoisotopic (exact) mass is 591 g/mol. The molecule has 0 spiro atoms. The molecule has 0 saturated carbocycles. The highest BCUT2D eigenvalue weighted by Crippen LogP contribution is 2.31. The van der Waals surface area contributed by atoms with Crippen LogP contribution in [-0.2, 0) is 9.59 Å². The van der Waals surface area contributed by atoms with Crippen molar-refractivity contribution in [3.63, 3.8) is 0 Å². The summed E-state index contributed by atoms with van der Waals surface area (Å²) in [6.07, 6.45) is 7.78. The third kappa shape index (κ3) is 9.99. The Balaban J connectivity index is 0.000000616. The SMILES string of the molecule is C/C=C\c1ccc(OCCCCN2CCN(c3cccc4sccc34)CC2)cc1N(C=O)C(C)C.CC(=O)CC(C)C. The zero-order valence-corrected chi connectivity index (χ0v) is 27.2. The van der Waals surface area contributed by atoms with Gasteiger partial charge in [-0.2, -0.15) is 0 Å². The molecule has 1 aliphatic heterocycles. The maximum atomic E-state index is 11.7. The number of amides is 1. The minimum absolute atomic E-state index is 0.0883. The Hall–Kier alpha value is -3.16. The second-order valence-corrected chi connectivity index (χ2v) is 12.6. The topological polar surface area (TPSA) is 53.1 Å². The van der Waals surface area contributed by atoms with Gasteiger partial charge in [-0.3, -0.25) is 9.69 Å². The van der Waals surface area contributed by atoms with Crippen molar-refractivity contribution in [2.24, 2.45) is 5.92 Å². The average molecular weight is 592 g/mol. The lowest BCUT2D eigenvalue weighted by molar-refractivity contribution is -0.117. The van der Waals surface area contributed by atoms with E-state index in [0.29, 0.717) is 12.5 Å². The van der Waals surface area contributed by atoms with E-state index in [0.717, 1.165) is 75.4 Å². The molecule has 7 heteroatoms. The maximum absolute atomic E-state index is 11.7. The van der Waals surface area contributed by atoms with Crippen molar-refractivity contribution in [3.8, 4) is 5.75 Å². The summed E-state index contributed by atoms with van der Waals surface area (Å²) in [4.78, 5) is 28.8. The Morgan fingerprint density at radius 2 is 1.81 bits per heavy atom. The maximum Gasteiger partial charge on any atom is 0.214 e. The number of nitrogens with zero attached hydrogens (tertiary/aromatic N) is 3. The summed E-state index contributed by atoms with van der Waals surface area (Å²) < 4.78 is 7.43. The van der Waals surface area contributed by atoms with Crippen molar-refractivity contribution in [1.29, 1.82) is 0 Å². The van der Waals surface area contributed by atoms with Crippen LogP contribution in [-0.4, -0.2) is 62.5 Å². The van der Waals surface area contributed by atoms with E-state index in [4.69, 9.17) is 4.74 Å². The molecule has 0 N–H and O–H groups in total. The number of fused-ring (bicyclic) bond motifs is 1. The number of thiophene rings is 1. The number of ether oxygens (including phenoxy) is 1. The number of hydrogen-bond donors (Lipinski definition) is 0. The molecule has 0 bridgehead atoms. The van der Waals surface area contributed by atoms with Gasteiger partial charge in [0.05, 0.1) is 12.3 Å². The smallest absolute Gasteiger partial charge is 0.214 e. The second kappa shape index (κ2) is 17.1. The van der Waals surface area contributed by atoms with E-state index in [-0.39, 0.29) is 11.8 Å². The zero-order chi connectivity index (χ0) is 30.5. The first kappa shape index (κ1) is 33.3. The molecular weight excluding hydrogens is 542 g/mol. The number of rotatable bonds is 13. The Morgan fingerprint density at radius 1 is 1.05 bits per heavy atom. The molecule has 1 aromatic heterocycles. The van der Waals surface area contributed by atoms with Crippen molar-refractivity contribution in [3.05, 3.63) is 59.5 Å². The molecule has 0 atom stereocenters. The summed E-state index contributed by atoms with van der Waals surface area (Å²) >= 11 is 1.82. The minimum Gasteiger partial charge on any atom is -0.494 e. The number of carbonyl (C=O) groups is 2. The number of hydrogen-bond acceptors (Lipinski definition) is 6. The fourth-order valence-corrected chi connectivity index (χ4v) is 6.09. The fraction of sp³-hybridized carbons (Fsp3) is 0.486. The van der Waals surface area contributed by atoms with Crippen LogP contribution < -0.4 is 14.5 Å². The van der Waals surface area contributed by atoms with Crippen LogP contribution in [0.3, 0.4) is 0 Å². The van der Waals surface area contributed by atoms with Gasteiger partial charge >= 0.3 is 0 Å². The molecule has 228 valence electrons. The van der Waals surface area contributed by atoms with Crippen LogP contribution >= 0.6 is 11.3 Å². The lowest BCUT2D eigenvalue weighted by Gasteiger charge is -2.36. The summed E-state index contributed by atoms with van der Waals surface area (Å²) in [6, 6.07) is 15.0. The van der Waals surface area contributed by atoms with Crippen LogP contribution in [0.2, 0.25) is 0 Å². The molecule has 4 rings (SSSR count). The van der Waals surface area contributed by atoms with Gasteiger partial charge in [-0.15, -0.1) is 11.3 Å². The number of benzene rings is 2. The Labute approximate surface area is 257 Å². The van der Waals surface area contributed by atoms with Crippen LogP contribution in [0, 0.1) is 5.92 Å².